The number of carbonyl (C=O) groups is 1. The summed E-state index contributed by atoms with van der Waals surface area (Å²) in [5.41, 5.74) is 2.55. The Morgan fingerprint density at radius 2 is 2.10 bits per heavy atom. The van der Waals surface area contributed by atoms with Crippen molar-refractivity contribution in [1.82, 2.24) is 9.78 Å². The Bertz CT molecular complexity index is 631. The molecule has 1 heterocycles. The van der Waals surface area contributed by atoms with Crippen molar-refractivity contribution in [1.29, 1.82) is 0 Å². The van der Waals surface area contributed by atoms with Crippen LogP contribution in [0.5, 0.6) is 0 Å². The minimum atomic E-state index is -0.128. The van der Waals surface area contributed by atoms with Crippen molar-refractivity contribution in [2.45, 2.75) is 33.7 Å². The summed E-state index contributed by atoms with van der Waals surface area (Å²) in [6.07, 6.45) is 1.69. The minimum absolute atomic E-state index is 0.128. The summed E-state index contributed by atoms with van der Waals surface area (Å²) < 4.78 is 1.79. The lowest BCUT2D eigenvalue weighted by Crippen LogP contribution is -2.18. The Morgan fingerprint density at radius 1 is 1.33 bits per heavy atom. The van der Waals surface area contributed by atoms with Crippen molar-refractivity contribution >= 4 is 17.4 Å². The molecule has 2 N–H and O–H groups in total. The number of amides is 1. The van der Waals surface area contributed by atoms with Gasteiger partial charge in [-0.15, -0.1) is 0 Å². The van der Waals surface area contributed by atoms with Gasteiger partial charge in [-0.25, -0.2) is 4.68 Å². The number of benzene rings is 1. The molecule has 112 valence electrons. The molecule has 0 saturated heterocycles. The molecule has 21 heavy (non-hydrogen) atoms. The number of rotatable bonds is 5. The summed E-state index contributed by atoms with van der Waals surface area (Å²) >= 11 is 0. The van der Waals surface area contributed by atoms with Gasteiger partial charge < -0.3 is 10.6 Å². The van der Waals surface area contributed by atoms with Gasteiger partial charge in [-0.05, 0) is 39.8 Å². The molecule has 2 aromatic rings. The summed E-state index contributed by atoms with van der Waals surface area (Å²) in [6.45, 7) is 8.81. The van der Waals surface area contributed by atoms with Crippen LogP contribution in [0.15, 0.2) is 30.5 Å². The highest BCUT2D eigenvalue weighted by Crippen LogP contribution is 2.20. The first kappa shape index (κ1) is 15.1. The topological polar surface area (TPSA) is 59.0 Å². The van der Waals surface area contributed by atoms with E-state index in [4.69, 9.17) is 0 Å². The fourth-order valence-corrected chi connectivity index (χ4v) is 2.20. The number of anilines is 2. The molecule has 1 amide bonds. The third-order valence-electron chi connectivity index (χ3n) is 3.19. The zero-order chi connectivity index (χ0) is 15.4. The molecule has 0 aliphatic heterocycles. The molecule has 0 atom stereocenters. The van der Waals surface area contributed by atoms with E-state index in [9.17, 15) is 4.79 Å². The second-order valence-corrected chi connectivity index (χ2v) is 5.29. The van der Waals surface area contributed by atoms with E-state index >= 15 is 0 Å². The molecule has 0 aliphatic rings. The van der Waals surface area contributed by atoms with Gasteiger partial charge in [-0.3, -0.25) is 4.79 Å². The van der Waals surface area contributed by atoms with Crippen LogP contribution in [0.4, 0.5) is 11.5 Å². The summed E-state index contributed by atoms with van der Waals surface area (Å²) in [4.78, 5) is 12.5. The number of hydrogen-bond acceptors (Lipinski definition) is 3. The molecule has 0 fully saturated rings. The molecule has 5 heteroatoms. The maximum absolute atomic E-state index is 12.5. The molecule has 0 aliphatic carbocycles. The van der Waals surface area contributed by atoms with Gasteiger partial charge in [0, 0.05) is 24.3 Å². The van der Waals surface area contributed by atoms with Crippen LogP contribution in [-0.4, -0.2) is 22.2 Å². The molecule has 1 aromatic carbocycles. The van der Waals surface area contributed by atoms with Gasteiger partial charge in [-0.1, -0.05) is 11.6 Å². The van der Waals surface area contributed by atoms with Crippen molar-refractivity contribution in [3.63, 3.8) is 0 Å². The molecular formula is C16H22N4O. The van der Waals surface area contributed by atoms with Gasteiger partial charge in [0.25, 0.3) is 5.91 Å². The molecular weight excluding hydrogens is 264 g/mol. The second-order valence-electron chi connectivity index (χ2n) is 5.29. The molecule has 0 spiro atoms. The van der Waals surface area contributed by atoms with E-state index in [0.717, 1.165) is 17.8 Å². The maximum Gasteiger partial charge on any atom is 0.258 e. The summed E-state index contributed by atoms with van der Waals surface area (Å²) in [5, 5.41) is 10.4. The standard InChI is InChI=1S/C16H22N4O/c1-5-17-14-7-6-12(4)10-13(14)16(21)19-15-8-9-18-20(15)11(2)3/h6-11,17H,5H2,1-4H3,(H,19,21). The normalized spacial score (nSPS) is 10.7. The smallest absolute Gasteiger partial charge is 0.258 e. The summed E-state index contributed by atoms with van der Waals surface area (Å²) in [6, 6.07) is 7.83. The Morgan fingerprint density at radius 3 is 2.76 bits per heavy atom. The van der Waals surface area contributed by atoms with Crippen LogP contribution in [0.2, 0.25) is 0 Å². The zero-order valence-corrected chi connectivity index (χ0v) is 13.0. The fraction of sp³-hybridized carbons (Fsp3) is 0.375. The number of aromatic nitrogens is 2. The van der Waals surface area contributed by atoms with Gasteiger partial charge in [0.05, 0.1) is 11.8 Å². The van der Waals surface area contributed by atoms with E-state index < -0.39 is 0 Å². The maximum atomic E-state index is 12.5. The van der Waals surface area contributed by atoms with Gasteiger partial charge in [0.2, 0.25) is 0 Å². The second kappa shape index (κ2) is 6.43. The first-order valence-electron chi connectivity index (χ1n) is 7.22. The Labute approximate surface area is 125 Å². The van der Waals surface area contributed by atoms with E-state index in [-0.39, 0.29) is 11.9 Å². The monoisotopic (exact) mass is 286 g/mol. The zero-order valence-electron chi connectivity index (χ0n) is 13.0. The van der Waals surface area contributed by atoms with Crippen LogP contribution >= 0.6 is 0 Å². The first-order valence-corrected chi connectivity index (χ1v) is 7.22. The average molecular weight is 286 g/mol. The van der Waals surface area contributed by atoms with Crippen LogP contribution in [0.25, 0.3) is 0 Å². The van der Waals surface area contributed by atoms with Gasteiger partial charge in [-0.2, -0.15) is 5.10 Å². The third-order valence-corrected chi connectivity index (χ3v) is 3.19. The van der Waals surface area contributed by atoms with Gasteiger partial charge in [0.1, 0.15) is 5.82 Å². The minimum Gasteiger partial charge on any atom is -0.385 e. The average Bonchev–Trinajstić information content (AvgIpc) is 2.89. The lowest BCUT2D eigenvalue weighted by Gasteiger charge is -2.14. The summed E-state index contributed by atoms with van der Waals surface area (Å²) in [5.74, 6) is 0.580. The highest BCUT2D eigenvalue weighted by Gasteiger charge is 2.14. The molecule has 2 rings (SSSR count). The Balaban J connectivity index is 2.27. The first-order chi connectivity index (χ1) is 10.0. The molecule has 0 radical (unpaired) electrons. The van der Waals surface area contributed by atoms with E-state index in [0.29, 0.717) is 11.4 Å². The number of nitrogens with zero attached hydrogens (tertiary/aromatic N) is 2. The van der Waals surface area contributed by atoms with Crippen LogP contribution in [0.3, 0.4) is 0 Å². The van der Waals surface area contributed by atoms with E-state index in [2.05, 4.69) is 15.7 Å². The Hall–Kier alpha value is -2.30. The van der Waals surface area contributed by atoms with Crippen molar-refractivity contribution in [3.8, 4) is 0 Å². The van der Waals surface area contributed by atoms with Crippen LogP contribution in [-0.2, 0) is 0 Å². The van der Waals surface area contributed by atoms with Gasteiger partial charge in [0.15, 0.2) is 0 Å². The van der Waals surface area contributed by atoms with Crippen LogP contribution < -0.4 is 10.6 Å². The van der Waals surface area contributed by atoms with Crippen LogP contribution in [0, 0.1) is 6.92 Å². The van der Waals surface area contributed by atoms with Gasteiger partial charge >= 0.3 is 0 Å². The Kier molecular flexibility index (Phi) is 4.62. The molecule has 0 bridgehead atoms. The van der Waals surface area contributed by atoms with Crippen molar-refractivity contribution in [2.24, 2.45) is 0 Å². The predicted octanol–water partition coefficient (Wildman–Crippen LogP) is 3.46. The fourth-order valence-electron chi connectivity index (χ4n) is 2.20. The quantitative estimate of drug-likeness (QED) is 0.885. The highest BCUT2D eigenvalue weighted by atomic mass is 16.1. The van der Waals surface area contributed by atoms with Crippen LogP contribution in [0.1, 0.15) is 42.7 Å². The molecule has 0 unspecified atom stereocenters. The molecule has 5 nitrogen and oxygen atoms in total. The SMILES string of the molecule is CCNc1ccc(C)cc1C(=O)Nc1ccnn1C(C)C. The predicted molar refractivity (Wildman–Crippen MR) is 85.9 cm³/mol. The van der Waals surface area contributed by atoms with E-state index in [1.165, 1.54) is 0 Å². The van der Waals surface area contributed by atoms with Crippen molar-refractivity contribution in [3.05, 3.63) is 41.6 Å². The number of carbonyl (C=O) groups excluding carboxylic acids is 1. The molecule has 0 saturated carbocycles. The number of aryl methyl sites for hydroxylation is 1. The molecule has 1 aromatic heterocycles. The highest BCUT2D eigenvalue weighted by molar-refractivity contribution is 6.07. The van der Waals surface area contributed by atoms with Crippen molar-refractivity contribution < 1.29 is 4.79 Å². The van der Waals surface area contributed by atoms with E-state index in [1.807, 2.05) is 45.9 Å². The number of nitrogens with one attached hydrogen (secondary N) is 2. The third kappa shape index (κ3) is 3.42. The van der Waals surface area contributed by atoms with E-state index in [1.54, 1.807) is 16.9 Å². The largest absolute Gasteiger partial charge is 0.385 e. The summed E-state index contributed by atoms with van der Waals surface area (Å²) in [7, 11) is 0. The van der Waals surface area contributed by atoms with Crippen molar-refractivity contribution in [2.75, 3.05) is 17.2 Å². The lowest BCUT2D eigenvalue weighted by atomic mass is 10.1. The number of hydrogen-bond donors (Lipinski definition) is 2. The lowest BCUT2D eigenvalue weighted by molar-refractivity contribution is 0.102.